The molecule has 3 N–H and O–H groups in total. The van der Waals surface area contributed by atoms with E-state index >= 15 is 0 Å². The molecule has 0 fully saturated rings. The van der Waals surface area contributed by atoms with E-state index in [1.165, 1.54) is 0 Å². The van der Waals surface area contributed by atoms with E-state index < -0.39 is 5.97 Å². The van der Waals surface area contributed by atoms with Gasteiger partial charge in [0.1, 0.15) is 5.56 Å². The fourth-order valence-electron chi connectivity index (χ4n) is 1.19. The molecule has 0 saturated heterocycles. The highest BCUT2D eigenvalue weighted by atomic mass is 16.4. The third-order valence-electron chi connectivity index (χ3n) is 1.85. The summed E-state index contributed by atoms with van der Waals surface area (Å²) in [4.78, 5) is 10.8. The standard InChI is InChI=1S/C8H13N3O2/c1-5-7(8(12)13)6(11-10-5)3-4-9-2/h9H,3-4H2,1-2H3,(H,10,11)(H,12,13). The van der Waals surface area contributed by atoms with Crippen molar-refractivity contribution in [2.45, 2.75) is 13.3 Å². The van der Waals surface area contributed by atoms with Crippen LogP contribution in [0.1, 0.15) is 21.7 Å². The smallest absolute Gasteiger partial charge is 0.339 e. The van der Waals surface area contributed by atoms with Crippen molar-refractivity contribution in [3.05, 3.63) is 17.0 Å². The van der Waals surface area contributed by atoms with Crippen LogP contribution in [0.4, 0.5) is 0 Å². The second-order valence-corrected chi connectivity index (χ2v) is 2.83. The molecule has 5 heteroatoms. The number of nitrogens with zero attached hydrogens (tertiary/aromatic N) is 1. The summed E-state index contributed by atoms with van der Waals surface area (Å²) in [6.07, 6.45) is 0.627. The van der Waals surface area contributed by atoms with E-state index in [-0.39, 0.29) is 0 Å². The average molecular weight is 183 g/mol. The molecule has 13 heavy (non-hydrogen) atoms. The number of carboxylic acids is 1. The first kappa shape index (κ1) is 9.73. The first-order valence-corrected chi connectivity index (χ1v) is 4.08. The van der Waals surface area contributed by atoms with E-state index in [0.717, 1.165) is 6.54 Å². The van der Waals surface area contributed by atoms with Gasteiger partial charge in [0.15, 0.2) is 0 Å². The molecule has 0 amide bonds. The van der Waals surface area contributed by atoms with Crippen LogP contribution in [0.2, 0.25) is 0 Å². The van der Waals surface area contributed by atoms with Crippen LogP contribution in [0, 0.1) is 6.92 Å². The Balaban J connectivity index is 2.87. The largest absolute Gasteiger partial charge is 0.478 e. The summed E-state index contributed by atoms with van der Waals surface area (Å²) in [5.41, 5.74) is 1.52. The van der Waals surface area contributed by atoms with Gasteiger partial charge < -0.3 is 10.4 Å². The van der Waals surface area contributed by atoms with Crippen LogP contribution >= 0.6 is 0 Å². The summed E-state index contributed by atoms with van der Waals surface area (Å²) < 4.78 is 0. The summed E-state index contributed by atoms with van der Waals surface area (Å²) in [7, 11) is 1.82. The number of aromatic amines is 1. The number of carbonyl (C=O) groups is 1. The maximum Gasteiger partial charge on any atom is 0.339 e. The number of nitrogens with one attached hydrogen (secondary N) is 2. The second kappa shape index (κ2) is 4.04. The third-order valence-corrected chi connectivity index (χ3v) is 1.85. The predicted molar refractivity (Wildman–Crippen MR) is 47.9 cm³/mol. The number of hydrogen-bond acceptors (Lipinski definition) is 3. The molecule has 1 heterocycles. The van der Waals surface area contributed by atoms with Crippen LogP contribution in [0.5, 0.6) is 0 Å². The zero-order valence-corrected chi connectivity index (χ0v) is 7.72. The number of aromatic nitrogens is 2. The van der Waals surface area contributed by atoms with Gasteiger partial charge in [0.05, 0.1) is 5.69 Å². The van der Waals surface area contributed by atoms with Gasteiger partial charge in [0.25, 0.3) is 0 Å². The van der Waals surface area contributed by atoms with Crippen LogP contribution in [-0.2, 0) is 6.42 Å². The van der Waals surface area contributed by atoms with Gasteiger partial charge in [0, 0.05) is 18.7 Å². The molecule has 1 aromatic rings. The highest BCUT2D eigenvalue weighted by Gasteiger charge is 2.15. The van der Waals surface area contributed by atoms with Crippen LogP contribution in [0.15, 0.2) is 0 Å². The van der Waals surface area contributed by atoms with Crippen LogP contribution in [-0.4, -0.2) is 34.9 Å². The van der Waals surface area contributed by atoms with Crippen molar-refractivity contribution in [2.75, 3.05) is 13.6 Å². The minimum atomic E-state index is -0.919. The molecule has 0 spiro atoms. The van der Waals surface area contributed by atoms with Crippen LogP contribution in [0.3, 0.4) is 0 Å². The molecule has 0 aliphatic heterocycles. The average Bonchev–Trinajstić information content (AvgIpc) is 2.43. The highest BCUT2D eigenvalue weighted by Crippen LogP contribution is 2.10. The Morgan fingerprint density at radius 2 is 2.38 bits per heavy atom. The lowest BCUT2D eigenvalue weighted by Gasteiger charge is -1.97. The number of carboxylic acid groups (broad SMARTS) is 1. The SMILES string of the molecule is CNCCc1n[nH]c(C)c1C(=O)O. The predicted octanol–water partition coefficient (Wildman–Crippen LogP) is 0.178. The van der Waals surface area contributed by atoms with E-state index in [1.54, 1.807) is 6.92 Å². The molecular formula is C8H13N3O2. The fourth-order valence-corrected chi connectivity index (χ4v) is 1.19. The molecule has 0 radical (unpaired) electrons. The summed E-state index contributed by atoms with van der Waals surface area (Å²) >= 11 is 0. The Bertz CT molecular complexity index is 306. The van der Waals surface area contributed by atoms with E-state index in [2.05, 4.69) is 15.5 Å². The van der Waals surface area contributed by atoms with Crippen molar-refractivity contribution in [3.8, 4) is 0 Å². The number of aromatic carboxylic acids is 1. The van der Waals surface area contributed by atoms with E-state index in [0.29, 0.717) is 23.4 Å². The number of likely N-dealkylation sites (N-methyl/N-ethyl adjacent to an activating group) is 1. The third kappa shape index (κ3) is 2.06. The molecule has 0 atom stereocenters. The molecule has 72 valence electrons. The lowest BCUT2D eigenvalue weighted by atomic mass is 10.1. The van der Waals surface area contributed by atoms with Crippen molar-refractivity contribution in [1.82, 2.24) is 15.5 Å². The minimum absolute atomic E-state index is 0.301. The molecule has 0 aliphatic rings. The second-order valence-electron chi connectivity index (χ2n) is 2.83. The van der Waals surface area contributed by atoms with Gasteiger partial charge in [-0.05, 0) is 14.0 Å². The van der Waals surface area contributed by atoms with Gasteiger partial charge in [-0.15, -0.1) is 0 Å². The number of H-pyrrole nitrogens is 1. The first-order chi connectivity index (χ1) is 6.16. The van der Waals surface area contributed by atoms with Gasteiger partial charge in [0.2, 0.25) is 0 Å². The van der Waals surface area contributed by atoms with Crippen LogP contribution < -0.4 is 5.32 Å². The van der Waals surface area contributed by atoms with E-state index in [9.17, 15) is 4.79 Å². The van der Waals surface area contributed by atoms with Crippen molar-refractivity contribution in [2.24, 2.45) is 0 Å². The molecule has 5 nitrogen and oxygen atoms in total. The van der Waals surface area contributed by atoms with Gasteiger partial charge in [-0.2, -0.15) is 5.10 Å². The van der Waals surface area contributed by atoms with Gasteiger partial charge in [-0.3, -0.25) is 5.10 Å². The zero-order valence-electron chi connectivity index (χ0n) is 7.72. The Morgan fingerprint density at radius 1 is 1.69 bits per heavy atom. The summed E-state index contributed by atoms with van der Waals surface area (Å²) in [6.45, 7) is 2.43. The minimum Gasteiger partial charge on any atom is -0.478 e. The van der Waals surface area contributed by atoms with E-state index in [4.69, 9.17) is 5.11 Å². The monoisotopic (exact) mass is 183 g/mol. The molecule has 0 saturated carbocycles. The fraction of sp³-hybridized carbons (Fsp3) is 0.500. The summed E-state index contributed by atoms with van der Waals surface area (Å²) in [6, 6.07) is 0. The lowest BCUT2D eigenvalue weighted by molar-refractivity contribution is 0.0695. The van der Waals surface area contributed by atoms with E-state index in [1.807, 2.05) is 7.05 Å². The number of aryl methyl sites for hydroxylation is 1. The Hall–Kier alpha value is -1.36. The molecule has 0 aliphatic carbocycles. The zero-order chi connectivity index (χ0) is 9.84. The van der Waals surface area contributed by atoms with Crippen molar-refractivity contribution in [3.63, 3.8) is 0 Å². The maximum atomic E-state index is 10.8. The van der Waals surface area contributed by atoms with Crippen LogP contribution in [0.25, 0.3) is 0 Å². The summed E-state index contributed by atoms with van der Waals surface area (Å²) in [5, 5.41) is 18.4. The normalized spacial score (nSPS) is 10.3. The molecule has 1 aromatic heterocycles. The number of rotatable bonds is 4. The maximum absolute atomic E-state index is 10.8. The Kier molecular flexibility index (Phi) is 3.02. The Morgan fingerprint density at radius 3 is 2.92 bits per heavy atom. The lowest BCUT2D eigenvalue weighted by Crippen LogP contribution is -2.12. The molecule has 0 bridgehead atoms. The highest BCUT2D eigenvalue weighted by molar-refractivity contribution is 5.90. The van der Waals surface area contributed by atoms with Crippen molar-refractivity contribution in [1.29, 1.82) is 0 Å². The molecular weight excluding hydrogens is 170 g/mol. The molecule has 1 rings (SSSR count). The van der Waals surface area contributed by atoms with Gasteiger partial charge in [-0.1, -0.05) is 0 Å². The number of hydrogen-bond donors (Lipinski definition) is 3. The molecule has 0 unspecified atom stereocenters. The van der Waals surface area contributed by atoms with Crippen molar-refractivity contribution >= 4 is 5.97 Å². The van der Waals surface area contributed by atoms with Gasteiger partial charge in [-0.25, -0.2) is 4.79 Å². The first-order valence-electron chi connectivity index (χ1n) is 4.08. The molecule has 0 aromatic carbocycles. The summed E-state index contributed by atoms with van der Waals surface area (Å²) in [5.74, 6) is -0.919. The Labute approximate surface area is 76.2 Å². The van der Waals surface area contributed by atoms with Gasteiger partial charge >= 0.3 is 5.97 Å². The van der Waals surface area contributed by atoms with Crippen molar-refractivity contribution < 1.29 is 9.90 Å². The quantitative estimate of drug-likeness (QED) is 0.622. The topological polar surface area (TPSA) is 78.0 Å².